The third-order valence-electron chi connectivity index (χ3n) is 6.05. The van der Waals surface area contributed by atoms with Crippen LogP contribution in [0.4, 0.5) is 10.1 Å². The van der Waals surface area contributed by atoms with Crippen LogP contribution < -0.4 is 16.2 Å². The summed E-state index contributed by atoms with van der Waals surface area (Å²) in [4.78, 5) is 26.0. The van der Waals surface area contributed by atoms with Gasteiger partial charge in [0.1, 0.15) is 5.56 Å². The minimum Gasteiger partial charge on any atom is -0.477 e. The molecule has 7 nitrogen and oxygen atoms in total. The summed E-state index contributed by atoms with van der Waals surface area (Å²) in [7, 11) is 0. The van der Waals surface area contributed by atoms with E-state index in [1.807, 2.05) is 4.90 Å². The van der Waals surface area contributed by atoms with Gasteiger partial charge in [0.25, 0.3) is 5.56 Å². The van der Waals surface area contributed by atoms with E-state index in [1.54, 1.807) is 6.92 Å². The average Bonchev–Trinajstić information content (AvgIpc) is 3.39. The number of pyridine rings is 2. The Balaban J connectivity index is 0.00000240. The van der Waals surface area contributed by atoms with Gasteiger partial charge in [0, 0.05) is 19.1 Å². The number of carbonyl (C=O) groups is 1. The number of nitrogens with two attached hydrogens (primary N) is 1. The Morgan fingerprint density at radius 2 is 2.07 bits per heavy atom. The molecule has 29 heavy (non-hydrogen) atoms. The lowest BCUT2D eigenvalue weighted by Crippen LogP contribution is -2.36. The highest BCUT2D eigenvalue weighted by molar-refractivity contribution is 5.89. The van der Waals surface area contributed by atoms with Crippen molar-refractivity contribution in [1.82, 2.24) is 4.40 Å². The summed E-state index contributed by atoms with van der Waals surface area (Å²) in [5.41, 5.74) is 7.35. The van der Waals surface area contributed by atoms with E-state index in [4.69, 9.17) is 5.73 Å². The van der Waals surface area contributed by atoms with E-state index >= 15 is 4.39 Å². The van der Waals surface area contributed by atoms with Crippen LogP contribution in [0.25, 0.3) is 5.52 Å². The maximum atomic E-state index is 15.1. The van der Waals surface area contributed by atoms with Gasteiger partial charge in [0.15, 0.2) is 5.82 Å². The van der Waals surface area contributed by atoms with Gasteiger partial charge in [-0.25, -0.2) is 9.18 Å². The number of carboxylic acid groups (broad SMARTS) is 1. The van der Waals surface area contributed by atoms with Gasteiger partial charge < -0.3 is 20.8 Å². The lowest BCUT2D eigenvalue weighted by atomic mass is 10.0. The van der Waals surface area contributed by atoms with Crippen LogP contribution in [-0.4, -0.2) is 46.3 Å². The summed E-state index contributed by atoms with van der Waals surface area (Å²) in [6.07, 6.45) is 3.72. The highest BCUT2D eigenvalue weighted by Gasteiger charge is 2.33. The molecule has 1 aliphatic heterocycles. The number of aliphatic hydroxyl groups is 1. The van der Waals surface area contributed by atoms with Gasteiger partial charge in [-0.15, -0.1) is 12.4 Å². The Kier molecular flexibility index (Phi) is 5.89. The average molecular weight is 426 g/mol. The first-order chi connectivity index (χ1) is 13.3. The number of aryl methyl sites for hydroxylation is 1. The van der Waals surface area contributed by atoms with Gasteiger partial charge in [-0.3, -0.25) is 9.20 Å². The van der Waals surface area contributed by atoms with E-state index in [9.17, 15) is 19.8 Å². The van der Waals surface area contributed by atoms with Crippen molar-refractivity contribution in [2.45, 2.75) is 38.1 Å². The summed E-state index contributed by atoms with van der Waals surface area (Å²) in [6.45, 7) is 2.81. The number of carboxylic acids is 1. The van der Waals surface area contributed by atoms with Gasteiger partial charge in [0.05, 0.1) is 24.0 Å². The minimum atomic E-state index is -1.30. The van der Waals surface area contributed by atoms with Crippen molar-refractivity contribution in [3.05, 3.63) is 45.1 Å². The molecule has 2 aromatic rings. The van der Waals surface area contributed by atoms with Crippen LogP contribution in [0.15, 0.2) is 17.1 Å². The van der Waals surface area contributed by atoms with E-state index in [-0.39, 0.29) is 42.5 Å². The zero-order valence-corrected chi connectivity index (χ0v) is 16.9. The number of aromatic carboxylic acids is 1. The standard InChI is InChI=1S/C20H24FN3O4.ClH/c1-10-17-13(11-2-3-11)6-14(20(27)28)19(26)24(17)8-15(21)18(10)23-5-4-12(7-23)16(22)9-25;/h6,8,11-12,16,25H,2-5,7,9,22H2,1H3,(H,27,28);1H/t12-,16?;/m1./s1. The van der Waals surface area contributed by atoms with Gasteiger partial charge in [-0.2, -0.15) is 0 Å². The van der Waals surface area contributed by atoms with Crippen LogP contribution in [0.5, 0.6) is 0 Å². The minimum absolute atomic E-state index is 0. The normalized spacial score (nSPS) is 20.0. The first kappa shape index (κ1) is 21.5. The number of anilines is 1. The molecule has 2 atom stereocenters. The fourth-order valence-corrected chi connectivity index (χ4v) is 4.38. The monoisotopic (exact) mass is 425 g/mol. The third kappa shape index (κ3) is 3.60. The Labute approximate surface area is 173 Å². The molecule has 2 aromatic heterocycles. The highest BCUT2D eigenvalue weighted by atomic mass is 35.5. The molecule has 4 rings (SSSR count). The predicted octanol–water partition coefficient (Wildman–Crippen LogP) is 1.89. The Morgan fingerprint density at radius 1 is 1.38 bits per heavy atom. The number of hydrogen-bond donors (Lipinski definition) is 3. The van der Waals surface area contributed by atoms with Crippen molar-refractivity contribution in [2.24, 2.45) is 11.7 Å². The summed E-state index contributed by atoms with van der Waals surface area (Å²) in [5, 5.41) is 18.7. The summed E-state index contributed by atoms with van der Waals surface area (Å²) < 4.78 is 16.2. The van der Waals surface area contributed by atoms with Crippen molar-refractivity contribution in [1.29, 1.82) is 0 Å². The van der Waals surface area contributed by atoms with E-state index < -0.39 is 17.3 Å². The second-order valence-corrected chi connectivity index (χ2v) is 7.91. The predicted molar refractivity (Wildman–Crippen MR) is 110 cm³/mol. The number of fused-ring (bicyclic) bond motifs is 1. The van der Waals surface area contributed by atoms with Crippen molar-refractivity contribution in [3.63, 3.8) is 0 Å². The fourth-order valence-electron chi connectivity index (χ4n) is 4.38. The van der Waals surface area contributed by atoms with E-state index in [0.29, 0.717) is 29.9 Å². The number of nitrogens with zero attached hydrogens (tertiary/aromatic N) is 2. The second kappa shape index (κ2) is 7.93. The zero-order valence-electron chi connectivity index (χ0n) is 16.1. The van der Waals surface area contributed by atoms with Gasteiger partial charge in [-0.1, -0.05) is 0 Å². The molecule has 9 heteroatoms. The van der Waals surface area contributed by atoms with Crippen molar-refractivity contribution in [3.8, 4) is 0 Å². The molecule has 1 saturated heterocycles. The van der Waals surface area contributed by atoms with Crippen LogP contribution in [0, 0.1) is 18.7 Å². The maximum Gasteiger partial charge on any atom is 0.341 e. The smallest absolute Gasteiger partial charge is 0.341 e. The molecule has 2 fully saturated rings. The molecule has 0 amide bonds. The van der Waals surface area contributed by atoms with Crippen molar-refractivity contribution in [2.75, 3.05) is 24.6 Å². The summed E-state index contributed by atoms with van der Waals surface area (Å²) in [5.74, 6) is -1.60. The quantitative estimate of drug-likeness (QED) is 0.675. The Morgan fingerprint density at radius 3 is 2.66 bits per heavy atom. The molecule has 4 N–H and O–H groups in total. The fraction of sp³-hybridized carbons (Fsp3) is 0.500. The van der Waals surface area contributed by atoms with Crippen LogP contribution in [0.1, 0.15) is 46.7 Å². The molecule has 3 heterocycles. The lowest BCUT2D eigenvalue weighted by molar-refractivity contribution is 0.0694. The first-order valence-electron chi connectivity index (χ1n) is 9.56. The number of hydrogen-bond acceptors (Lipinski definition) is 5. The molecule has 158 valence electrons. The molecule has 2 aliphatic rings. The van der Waals surface area contributed by atoms with Crippen molar-refractivity contribution < 1.29 is 19.4 Å². The number of aliphatic hydroxyl groups excluding tert-OH is 1. The number of halogens is 2. The van der Waals surface area contributed by atoms with E-state index in [0.717, 1.165) is 35.4 Å². The van der Waals surface area contributed by atoms with Crippen LogP contribution in [-0.2, 0) is 0 Å². The zero-order chi connectivity index (χ0) is 20.2. The lowest BCUT2D eigenvalue weighted by Gasteiger charge is -2.25. The summed E-state index contributed by atoms with van der Waals surface area (Å²) >= 11 is 0. The van der Waals surface area contributed by atoms with Crippen molar-refractivity contribution >= 4 is 29.6 Å². The van der Waals surface area contributed by atoms with Crippen LogP contribution in [0.2, 0.25) is 0 Å². The number of rotatable bonds is 5. The molecule has 1 unspecified atom stereocenters. The maximum absolute atomic E-state index is 15.1. The molecule has 0 spiro atoms. The molecule has 0 aromatic carbocycles. The molecular formula is C20H25ClFN3O4. The molecule has 0 bridgehead atoms. The third-order valence-corrected chi connectivity index (χ3v) is 6.05. The molecule has 0 radical (unpaired) electrons. The van der Waals surface area contributed by atoms with E-state index in [2.05, 4.69) is 0 Å². The SMILES string of the molecule is Cc1c(N2CC[C@@H](C(N)CO)C2)c(F)cn2c(=O)c(C(=O)O)cc(C3CC3)c12.Cl. The molecular weight excluding hydrogens is 401 g/mol. The summed E-state index contributed by atoms with van der Waals surface area (Å²) in [6, 6.07) is 1.11. The molecule has 1 aliphatic carbocycles. The van der Waals surface area contributed by atoms with Crippen LogP contribution >= 0.6 is 12.4 Å². The Bertz CT molecular complexity index is 1020. The first-order valence-corrected chi connectivity index (χ1v) is 9.56. The van der Waals surface area contributed by atoms with E-state index in [1.165, 1.54) is 6.07 Å². The van der Waals surface area contributed by atoms with Gasteiger partial charge in [0.2, 0.25) is 0 Å². The van der Waals surface area contributed by atoms with Gasteiger partial charge >= 0.3 is 5.97 Å². The van der Waals surface area contributed by atoms with Gasteiger partial charge in [-0.05, 0) is 55.2 Å². The highest BCUT2D eigenvalue weighted by Crippen LogP contribution is 2.44. The largest absolute Gasteiger partial charge is 0.477 e. The second-order valence-electron chi connectivity index (χ2n) is 7.91. The Hall–Kier alpha value is -2.16. The topological polar surface area (TPSA) is 108 Å². The molecule has 1 saturated carbocycles. The van der Waals surface area contributed by atoms with Crippen LogP contribution in [0.3, 0.4) is 0 Å². The number of aromatic nitrogens is 1.